The Morgan fingerprint density at radius 1 is 1.24 bits per heavy atom. The molecule has 5 N–H and O–H groups in total. The van der Waals surface area contributed by atoms with Crippen molar-refractivity contribution in [3.63, 3.8) is 0 Å². The Morgan fingerprint density at radius 3 is 2.90 bits per heavy atom. The SMILES string of the molecule is NNc1nc(NCCc2ccccc2F)c2cn[nH]c2n1. The van der Waals surface area contributed by atoms with E-state index in [4.69, 9.17) is 5.84 Å². The molecule has 8 heteroatoms. The fourth-order valence-electron chi connectivity index (χ4n) is 2.05. The molecule has 2 aromatic heterocycles. The summed E-state index contributed by atoms with van der Waals surface area (Å²) in [5.41, 5.74) is 3.62. The number of hydrogen-bond donors (Lipinski definition) is 4. The fraction of sp³-hybridized carbons (Fsp3) is 0.154. The summed E-state index contributed by atoms with van der Waals surface area (Å²) in [4.78, 5) is 8.36. The first kappa shape index (κ1) is 13.3. The third kappa shape index (κ3) is 2.75. The molecule has 0 aliphatic carbocycles. The summed E-state index contributed by atoms with van der Waals surface area (Å²) < 4.78 is 13.5. The number of fused-ring (bicyclic) bond motifs is 1. The summed E-state index contributed by atoms with van der Waals surface area (Å²) in [5.74, 6) is 6.00. The maximum Gasteiger partial charge on any atom is 0.241 e. The molecule has 0 radical (unpaired) electrons. The lowest BCUT2D eigenvalue weighted by Crippen LogP contribution is -2.13. The maximum atomic E-state index is 13.5. The van der Waals surface area contributed by atoms with Gasteiger partial charge in [-0.3, -0.25) is 10.5 Å². The number of hydrazine groups is 1. The summed E-state index contributed by atoms with van der Waals surface area (Å²) in [6.45, 7) is 0.530. The summed E-state index contributed by atoms with van der Waals surface area (Å²) in [6, 6.07) is 6.70. The lowest BCUT2D eigenvalue weighted by molar-refractivity contribution is 0.610. The second kappa shape index (κ2) is 5.71. The van der Waals surface area contributed by atoms with E-state index in [2.05, 4.69) is 30.9 Å². The van der Waals surface area contributed by atoms with Gasteiger partial charge in [-0.2, -0.15) is 15.1 Å². The summed E-state index contributed by atoms with van der Waals surface area (Å²) >= 11 is 0. The van der Waals surface area contributed by atoms with Gasteiger partial charge in [0, 0.05) is 6.54 Å². The number of anilines is 2. The van der Waals surface area contributed by atoms with Crippen LogP contribution in [0.4, 0.5) is 16.2 Å². The van der Waals surface area contributed by atoms with Crippen LogP contribution in [-0.2, 0) is 6.42 Å². The van der Waals surface area contributed by atoms with Crippen LogP contribution in [0.3, 0.4) is 0 Å². The van der Waals surface area contributed by atoms with Crippen LogP contribution >= 0.6 is 0 Å². The monoisotopic (exact) mass is 287 g/mol. The number of halogens is 1. The number of aromatic amines is 1. The number of rotatable bonds is 5. The number of nitrogens with one attached hydrogen (secondary N) is 3. The van der Waals surface area contributed by atoms with Crippen LogP contribution < -0.4 is 16.6 Å². The molecule has 7 nitrogen and oxygen atoms in total. The van der Waals surface area contributed by atoms with Crippen LogP contribution in [0.15, 0.2) is 30.5 Å². The Morgan fingerprint density at radius 2 is 2.10 bits per heavy atom. The first-order valence-electron chi connectivity index (χ1n) is 6.43. The molecule has 3 aromatic rings. The molecule has 0 aliphatic rings. The molecule has 0 unspecified atom stereocenters. The second-order valence-corrected chi connectivity index (χ2v) is 4.44. The molecule has 0 amide bonds. The summed E-state index contributed by atoms with van der Waals surface area (Å²) in [5, 5.41) is 10.6. The van der Waals surface area contributed by atoms with E-state index in [1.165, 1.54) is 6.07 Å². The number of nitrogen functional groups attached to an aromatic ring is 1. The molecule has 2 heterocycles. The maximum absolute atomic E-state index is 13.5. The van der Waals surface area contributed by atoms with Crippen molar-refractivity contribution in [2.24, 2.45) is 5.84 Å². The largest absolute Gasteiger partial charge is 0.369 e. The molecule has 108 valence electrons. The third-order valence-corrected chi connectivity index (χ3v) is 3.08. The quantitative estimate of drug-likeness (QED) is 0.418. The molecular weight excluding hydrogens is 273 g/mol. The minimum absolute atomic E-state index is 0.209. The van der Waals surface area contributed by atoms with Gasteiger partial charge in [0.15, 0.2) is 5.65 Å². The molecule has 0 fully saturated rings. The fourth-order valence-corrected chi connectivity index (χ4v) is 2.05. The van der Waals surface area contributed by atoms with Crippen molar-refractivity contribution in [3.05, 3.63) is 41.8 Å². The van der Waals surface area contributed by atoms with E-state index < -0.39 is 0 Å². The van der Waals surface area contributed by atoms with Gasteiger partial charge in [0.1, 0.15) is 11.6 Å². The lowest BCUT2D eigenvalue weighted by atomic mass is 10.1. The van der Waals surface area contributed by atoms with E-state index in [1.807, 2.05) is 6.07 Å². The molecule has 0 atom stereocenters. The van der Waals surface area contributed by atoms with Gasteiger partial charge in [0.25, 0.3) is 0 Å². The van der Waals surface area contributed by atoms with E-state index >= 15 is 0 Å². The van der Waals surface area contributed by atoms with Crippen LogP contribution in [0.2, 0.25) is 0 Å². The van der Waals surface area contributed by atoms with Crippen molar-refractivity contribution >= 4 is 22.8 Å². The first-order valence-corrected chi connectivity index (χ1v) is 6.43. The highest BCUT2D eigenvalue weighted by Crippen LogP contribution is 2.19. The highest BCUT2D eigenvalue weighted by molar-refractivity contribution is 5.86. The zero-order chi connectivity index (χ0) is 14.7. The predicted molar refractivity (Wildman–Crippen MR) is 78.1 cm³/mol. The highest BCUT2D eigenvalue weighted by atomic mass is 19.1. The summed E-state index contributed by atoms with van der Waals surface area (Å²) in [7, 11) is 0. The standard InChI is InChI=1S/C13H14FN7/c14-10-4-2-1-3-8(10)5-6-16-11-9-7-17-21-12(9)19-13(18-11)20-15/h1-4,7H,5-6,15H2,(H3,16,17,18,19,20,21). The number of benzene rings is 1. The zero-order valence-corrected chi connectivity index (χ0v) is 11.1. The lowest BCUT2D eigenvalue weighted by Gasteiger charge is -2.08. The van der Waals surface area contributed by atoms with Gasteiger partial charge in [-0.25, -0.2) is 10.2 Å². The molecule has 0 saturated carbocycles. The number of hydrogen-bond acceptors (Lipinski definition) is 6. The second-order valence-electron chi connectivity index (χ2n) is 4.44. The molecule has 21 heavy (non-hydrogen) atoms. The molecule has 1 aromatic carbocycles. The minimum atomic E-state index is -0.209. The van der Waals surface area contributed by atoms with E-state index in [9.17, 15) is 4.39 Å². The van der Waals surface area contributed by atoms with Crippen LogP contribution in [0.5, 0.6) is 0 Å². The van der Waals surface area contributed by atoms with Crippen molar-refractivity contribution < 1.29 is 4.39 Å². The Kier molecular flexibility index (Phi) is 3.61. The van der Waals surface area contributed by atoms with Crippen molar-refractivity contribution in [1.82, 2.24) is 20.2 Å². The van der Waals surface area contributed by atoms with E-state index in [1.54, 1.807) is 18.3 Å². The average molecular weight is 287 g/mol. The van der Waals surface area contributed by atoms with Crippen molar-refractivity contribution in [2.75, 3.05) is 17.3 Å². The predicted octanol–water partition coefficient (Wildman–Crippen LogP) is 1.43. The average Bonchev–Trinajstić information content (AvgIpc) is 2.97. The van der Waals surface area contributed by atoms with Gasteiger partial charge in [-0.15, -0.1) is 0 Å². The smallest absolute Gasteiger partial charge is 0.241 e. The highest BCUT2D eigenvalue weighted by Gasteiger charge is 2.09. The number of aromatic nitrogens is 4. The Bertz CT molecular complexity index is 755. The van der Waals surface area contributed by atoms with Gasteiger partial charge in [0.05, 0.1) is 11.6 Å². The molecule has 0 bridgehead atoms. The van der Waals surface area contributed by atoms with Gasteiger partial charge in [-0.1, -0.05) is 18.2 Å². The van der Waals surface area contributed by atoms with E-state index in [0.29, 0.717) is 30.0 Å². The number of nitrogens with zero attached hydrogens (tertiary/aromatic N) is 3. The zero-order valence-electron chi connectivity index (χ0n) is 11.1. The summed E-state index contributed by atoms with van der Waals surface area (Å²) in [6.07, 6.45) is 2.17. The molecular formula is C13H14FN7. The van der Waals surface area contributed by atoms with Crippen LogP contribution in [-0.4, -0.2) is 26.7 Å². The van der Waals surface area contributed by atoms with Gasteiger partial charge in [0.2, 0.25) is 5.95 Å². The molecule has 0 aliphatic heterocycles. The number of nitrogens with two attached hydrogens (primary N) is 1. The van der Waals surface area contributed by atoms with Crippen LogP contribution in [0.1, 0.15) is 5.56 Å². The van der Waals surface area contributed by atoms with E-state index in [0.717, 1.165) is 5.39 Å². The van der Waals surface area contributed by atoms with Crippen molar-refractivity contribution in [2.45, 2.75) is 6.42 Å². The molecule has 0 saturated heterocycles. The van der Waals surface area contributed by atoms with E-state index in [-0.39, 0.29) is 11.8 Å². The van der Waals surface area contributed by atoms with Gasteiger partial charge < -0.3 is 5.32 Å². The number of H-pyrrole nitrogens is 1. The molecule has 3 rings (SSSR count). The van der Waals surface area contributed by atoms with Gasteiger partial charge >= 0.3 is 0 Å². The third-order valence-electron chi connectivity index (χ3n) is 3.08. The minimum Gasteiger partial charge on any atom is -0.369 e. The molecule has 0 spiro atoms. The van der Waals surface area contributed by atoms with Crippen molar-refractivity contribution in [3.8, 4) is 0 Å². The van der Waals surface area contributed by atoms with Crippen LogP contribution in [0.25, 0.3) is 11.0 Å². The Labute approximate surface area is 119 Å². The van der Waals surface area contributed by atoms with Crippen LogP contribution in [0, 0.1) is 5.82 Å². The topological polar surface area (TPSA) is 105 Å². The Hall–Kier alpha value is -2.74. The Balaban J connectivity index is 1.76. The van der Waals surface area contributed by atoms with Crippen molar-refractivity contribution in [1.29, 1.82) is 0 Å². The normalized spacial score (nSPS) is 10.8. The van der Waals surface area contributed by atoms with Gasteiger partial charge in [-0.05, 0) is 18.1 Å². The first-order chi connectivity index (χ1) is 10.3.